The fourth-order valence-electron chi connectivity index (χ4n) is 1.69. The molecule has 90 valence electrons. The van der Waals surface area contributed by atoms with Crippen LogP contribution in [0.5, 0.6) is 5.75 Å². The zero-order chi connectivity index (χ0) is 12.8. The monoisotopic (exact) mass is 236 g/mol. The van der Waals surface area contributed by atoms with E-state index in [1.165, 1.54) is 0 Å². The molecule has 0 spiro atoms. The molecule has 0 radical (unpaired) electrons. The summed E-state index contributed by atoms with van der Waals surface area (Å²) in [4.78, 5) is 0. The maximum Gasteiger partial charge on any atom is 0.134 e. The van der Waals surface area contributed by atoms with Crippen LogP contribution in [-0.2, 0) is 0 Å². The minimum absolute atomic E-state index is 0.805. The molecule has 0 N–H and O–H groups in total. The van der Waals surface area contributed by atoms with Gasteiger partial charge in [-0.15, -0.1) is 0 Å². The Kier molecular flexibility index (Phi) is 3.98. The molecule has 0 atom stereocenters. The molecule has 0 aromatic heterocycles. The molecule has 2 aromatic rings. The topological polar surface area (TPSA) is 9.23 Å². The molecule has 0 saturated carbocycles. The second-order valence-electron chi connectivity index (χ2n) is 4.00. The van der Waals surface area contributed by atoms with E-state index in [1.54, 1.807) is 6.08 Å². The third-order valence-electron chi connectivity index (χ3n) is 2.64. The fraction of sp³-hybridized carbons (Fsp3) is 0.0588. The summed E-state index contributed by atoms with van der Waals surface area (Å²) in [5, 5.41) is 0. The van der Waals surface area contributed by atoms with Crippen molar-refractivity contribution in [1.82, 2.24) is 0 Å². The van der Waals surface area contributed by atoms with E-state index in [9.17, 15) is 0 Å². The van der Waals surface area contributed by atoms with Crippen LogP contribution in [0.15, 0.2) is 73.3 Å². The quantitative estimate of drug-likeness (QED) is 0.557. The lowest BCUT2D eigenvalue weighted by Gasteiger charge is -2.11. The Balaban J connectivity index is 2.32. The van der Waals surface area contributed by atoms with Crippen molar-refractivity contribution in [3.05, 3.63) is 84.5 Å². The van der Waals surface area contributed by atoms with Gasteiger partial charge in [-0.2, -0.15) is 0 Å². The van der Waals surface area contributed by atoms with E-state index >= 15 is 0 Å². The van der Waals surface area contributed by atoms with Crippen LogP contribution in [0, 0.1) is 6.92 Å². The molecule has 2 aromatic carbocycles. The summed E-state index contributed by atoms with van der Waals surface area (Å²) in [6.45, 7) is 5.77. The van der Waals surface area contributed by atoms with Gasteiger partial charge in [0.1, 0.15) is 11.5 Å². The van der Waals surface area contributed by atoms with Crippen molar-refractivity contribution in [1.29, 1.82) is 0 Å². The Bertz CT molecular complexity index is 553. The van der Waals surface area contributed by atoms with Crippen LogP contribution in [0.2, 0.25) is 0 Å². The highest BCUT2D eigenvalue weighted by Gasteiger charge is 2.04. The molecular weight excluding hydrogens is 220 g/mol. The van der Waals surface area contributed by atoms with Crippen LogP contribution in [0.1, 0.15) is 11.1 Å². The maximum absolute atomic E-state index is 5.96. The summed E-state index contributed by atoms with van der Waals surface area (Å²) in [6.07, 6.45) is 3.61. The lowest BCUT2D eigenvalue weighted by molar-refractivity contribution is 0.511. The Morgan fingerprint density at radius 2 is 1.67 bits per heavy atom. The van der Waals surface area contributed by atoms with Crippen LogP contribution in [-0.4, -0.2) is 0 Å². The second-order valence-corrected chi connectivity index (χ2v) is 4.00. The summed E-state index contributed by atoms with van der Waals surface area (Å²) >= 11 is 0. The van der Waals surface area contributed by atoms with Crippen LogP contribution in [0.4, 0.5) is 0 Å². The second kappa shape index (κ2) is 5.87. The fourth-order valence-corrected chi connectivity index (χ4v) is 1.69. The molecule has 0 aliphatic heterocycles. The Labute approximate surface area is 108 Å². The minimum Gasteiger partial charge on any atom is -0.456 e. The van der Waals surface area contributed by atoms with Gasteiger partial charge in [-0.25, -0.2) is 0 Å². The lowest BCUT2D eigenvalue weighted by atomic mass is 10.1. The average molecular weight is 236 g/mol. The van der Waals surface area contributed by atoms with Gasteiger partial charge in [0.15, 0.2) is 0 Å². The predicted molar refractivity (Wildman–Crippen MR) is 76.4 cm³/mol. The van der Waals surface area contributed by atoms with Gasteiger partial charge in [-0.05, 0) is 24.6 Å². The molecular formula is C17H16O. The Morgan fingerprint density at radius 3 is 2.33 bits per heavy atom. The van der Waals surface area contributed by atoms with Crippen LogP contribution < -0.4 is 4.74 Å². The van der Waals surface area contributed by atoms with Crippen LogP contribution in [0.25, 0.3) is 5.76 Å². The molecule has 0 fully saturated rings. The molecule has 1 nitrogen and oxygen atoms in total. The smallest absolute Gasteiger partial charge is 0.134 e. The molecule has 0 aliphatic carbocycles. The number of aryl methyl sites for hydroxylation is 1. The van der Waals surface area contributed by atoms with Crippen molar-refractivity contribution in [2.24, 2.45) is 0 Å². The summed E-state index contributed by atoms with van der Waals surface area (Å²) in [7, 11) is 0. The van der Waals surface area contributed by atoms with Crippen molar-refractivity contribution in [2.45, 2.75) is 6.92 Å². The number of benzene rings is 2. The Morgan fingerprint density at radius 1 is 1.00 bits per heavy atom. The first-order valence-electron chi connectivity index (χ1n) is 5.93. The molecule has 0 saturated heterocycles. The third-order valence-corrected chi connectivity index (χ3v) is 2.64. The molecule has 0 aliphatic rings. The first-order chi connectivity index (χ1) is 8.81. The number of ether oxygens (including phenoxy) is 1. The number of para-hydroxylation sites is 1. The lowest BCUT2D eigenvalue weighted by Crippen LogP contribution is -1.96. The molecule has 0 unspecified atom stereocenters. The van der Waals surface area contributed by atoms with Gasteiger partial charge in [0.2, 0.25) is 0 Å². The highest BCUT2D eigenvalue weighted by molar-refractivity contribution is 5.63. The standard InChI is InChI=1S/C17H16O/c1-3-9-17(15-11-5-4-6-12-15)18-16-13-8-7-10-14(16)2/h3-13H,1H2,2H3/b17-9-. The van der Waals surface area contributed by atoms with Gasteiger partial charge in [-0.1, -0.05) is 61.2 Å². The van der Waals surface area contributed by atoms with Crippen molar-refractivity contribution in [3.63, 3.8) is 0 Å². The zero-order valence-electron chi connectivity index (χ0n) is 10.5. The molecule has 18 heavy (non-hydrogen) atoms. The molecule has 0 heterocycles. The van der Waals surface area contributed by atoms with E-state index in [-0.39, 0.29) is 0 Å². The predicted octanol–water partition coefficient (Wildman–Crippen LogP) is 4.60. The average Bonchev–Trinajstić information content (AvgIpc) is 2.42. The summed E-state index contributed by atoms with van der Waals surface area (Å²) in [5.74, 6) is 1.68. The first-order valence-corrected chi connectivity index (χ1v) is 5.93. The van der Waals surface area contributed by atoms with E-state index in [0.29, 0.717) is 0 Å². The van der Waals surface area contributed by atoms with Gasteiger partial charge >= 0.3 is 0 Å². The molecule has 1 heteroatoms. The highest BCUT2D eigenvalue weighted by Crippen LogP contribution is 2.24. The zero-order valence-corrected chi connectivity index (χ0v) is 10.5. The van der Waals surface area contributed by atoms with Gasteiger partial charge in [0.25, 0.3) is 0 Å². The van der Waals surface area contributed by atoms with Gasteiger partial charge < -0.3 is 4.74 Å². The van der Waals surface area contributed by atoms with E-state index in [0.717, 1.165) is 22.6 Å². The number of hydrogen-bond acceptors (Lipinski definition) is 1. The van der Waals surface area contributed by atoms with Gasteiger partial charge in [0, 0.05) is 5.56 Å². The van der Waals surface area contributed by atoms with Crippen molar-refractivity contribution in [3.8, 4) is 5.75 Å². The van der Waals surface area contributed by atoms with Crippen molar-refractivity contribution < 1.29 is 4.74 Å². The first kappa shape index (κ1) is 12.2. The van der Waals surface area contributed by atoms with Crippen molar-refractivity contribution in [2.75, 3.05) is 0 Å². The van der Waals surface area contributed by atoms with E-state index in [1.807, 2.05) is 67.6 Å². The summed E-state index contributed by atoms with van der Waals surface area (Å²) < 4.78 is 5.96. The van der Waals surface area contributed by atoms with Crippen molar-refractivity contribution >= 4 is 5.76 Å². The molecule has 0 bridgehead atoms. The number of allylic oxidation sites excluding steroid dienone is 2. The summed E-state index contributed by atoms with van der Waals surface area (Å²) in [6, 6.07) is 18.0. The minimum atomic E-state index is 0.805. The number of rotatable bonds is 4. The molecule has 2 rings (SSSR count). The number of hydrogen-bond donors (Lipinski definition) is 0. The van der Waals surface area contributed by atoms with E-state index < -0.39 is 0 Å². The van der Waals surface area contributed by atoms with Crippen LogP contribution >= 0.6 is 0 Å². The van der Waals surface area contributed by atoms with E-state index in [2.05, 4.69) is 6.58 Å². The van der Waals surface area contributed by atoms with Crippen LogP contribution in [0.3, 0.4) is 0 Å². The van der Waals surface area contributed by atoms with Gasteiger partial charge in [0.05, 0.1) is 0 Å². The SMILES string of the molecule is C=C/C=C(\Oc1ccccc1C)c1ccccc1. The third kappa shape index (κ3) is 2.89. The normalized spacial score (nSPS) is 11.1. The highest BCUT2D eigenvalue weighted by atomic mass is 16.5. The largest absolute Gasteiger partial charge is 0.456 e. The maximum atomic E-state index is 5.96. The van der Waals surface area contributed by atoms with Gasteiger partial charge in [-0.3, -0.25) is 0 Å². The van der Waals surface area contributed by atoms with E-state index in [4.69, 9.17) is 4.74 Å². The molecule has 0 amide bonds. The summed E-state index contributed by atoms with van der Waals surface area (Å²) in [5.41, 5.74) is 2.16. The Hall–Kier alpha value is -2.28.